The number of aryl methyl sites for hydroxylation is 1. The van der Waals surface area contributed by atoms with E-state index in [1.54, 1.807) is 11.3 Å². The van der Waals surface area contributed by atoms with Gasteiger partial charge in [0.1, 0.15) is 0 Å². The van der Waals surface area contributed by atoms with E-state index in [1.807, 2.05) is 24.0 Å². The molecule has 0 aliphatic carbocycles. The normalized spacial score (nSPS) is 15.0. The minimum absolute atomic E-state index is 0.0277. The highest BCUT2D eigenvalue weighted by molar-refractivity contribution is 7.23. The van der Waals surface area contributed by atoms with Crippen molar-refractivity contribution in [2.24, 2.45) is 0 Å². The molecule has 1 aliphatic heterocycles. The van der Waals surface area contributed by atoms with Crippen LogP contribution in [0.25, 0.3) is 26.4 Å². The lowest BCUT2D eigenvalue weighted by Crippen LogP contribution is -2.51. The van der Waals surface area contributed by atoms with E-state index in [0.717, 1.165) is 64.2 Å². The van der Waals surface area contributed by atoms with Crippen molar-refractivity contribution in [3.05, 3.63) is 58.7 Å². The van der Waals surface area contributed by atoms with Crippen LogP contribution in [0.4, 0.5) is 4.79 Å². The molecule has 6 nitrogen and oxygen atoms in total. The van der Waals surface area contributed by atoms with Crippen molar-refractivity contribution in [1.29, 1.82) is 0 Å². The van der Waals surface area contributed by atoms with E-state index in [9.17, 15) is 4.79 Å². The number of hydrogen-bond donors (Lipinski definition) is 1. The van der Waals surface area contributed by atoms with Crippen LogP contribution in [0.15, 0.2) is 42.5 Å². The molecule has 2 aromatic heterocycles. The Morgan fingerprint density at radius 2 is 1.88 bits per heavy atom. The predicted octanol–water partition coefficient (Wildman–Crippen LogP) is 5.02. The van der Waals surface area contributed by atoms with Gasteiger partial charge < -0.3 is 10.2 Å². The van der Waals surface area contributed by atoms with Gasteiger partial charge in [-0.05, 0) is 32.0 Å². The zero-order chi connectivity index (χ0) is 22.2. The summed E-state index contributed by atoms with van der Waals surface area (Å²) < 4.78 is 3.42. The minimum Gasteiger partial charge on any atom is -0.338 e. The quantitative estimate of drug-likeness (QED) is 0.458. The molecule has 1 aliphatic rings. The molecule has 2 amide bonds. The summed E-state index contributed by atoms with van der Waals surface area (Å²) in [5, 5.41) is 3.64. The number of rotatable bonds is 4. The molecular formula is C24H26ClN5OS. The summed E-state index contributed by atoms with van der Waals surface area (Å²) in [6, 6.07) is 14.6. The molecule has 0 radical (unpaired) electrons. The third-order valence-corrected chi connectivity index (χ3v) is 7.23. The fourth-order valence-electron chi connectivity index (χ4n) is 4.27. The van der Waals surface area contributed by atoms with Gasteiger partial charge in [0.2, 0.25) is 0 Å². The first-order chi connectivity index (χ1) is 15.5. The Hall–Kier alpha value is -2.61. The molecule has 2 aromatic carbocycles. The monoisotopic (exact) mass is 467 g/mol. The number of nitrogens with one attached hydrogen (secondary N) is 1. The maximum Gasteiger partial charge on any atom is 0.317 e. The number of benzene rings is 2. The van der Waals surface area contributed by atoms with Crippen molar-refractivity contribution in [1.82, 2.24) is 24.5 Å². The van der Waals surface area contributed by atoms with Crippen LogP contribution in [-0.2, 0) is 6.54 Å². The zero-order valence-corrected chi connectivity index (χ0v) is 19.8. The Bertz CT molecular complexity index is 1270. The second kappa shape index (κ2) is 8.73. The first-order valence-corrected chi connectivity index (χ1v) is 12.1. The van der Waals surface area contributed by atoms with Crippen LogP contribution in [-0.4, -0.2) is 57.9 Å². The maximum absolute atomic E-state index is 12.2. The minimum atomic E-state index is 0.0277. The van der Waals surface area contributed by atoms with E-state index in [-0.39, 0.29) is 6.03 Å². The van der Waals surface area contributed by atoms with Crippen molar-refractivity contribution in [3.63, 3.8) is 0 Å². The summed E-state index contributed by atoms with van der Waals surface area (Å²) in [6.45, 7) is 8.62. The lowest BCUT2D eigenvalue weighted by molar-refractivity contribution is 0.135. The highest BCUT2D eigenvalue weighted by Gasteiger charge is 2.24. The molecule has 0 unspecified atom stereocenters. The van der Waals surface area contributed by atoms with Crippen LogP contribution in [0, 0.1) is 6.92 Å². The van der Waals surface area contributed by atoms with E-state index in [2.05, 4.69) is 51.9 Å². The van der Waals surface area contributed by atoms with Crippen molar-refractivity contribution in [2.75, 3.05) is 32.7 Å². The Kier molecular flexibility index (Phi) is 5.80. The molecule has 0 atom stereocenters. The van der Waals surface area contributed by atoms with Gasteiger partial charge in [0.15, 0.2) is 4.96 Å². The number of carbonyl (C=O) groups excluding carboxylic acids is 1. The second-order valence-corrected chi connectivity index (χ2v) is 9.65. The van der Waals surface area contributed by atoms with Gasteiger partial charge in [-0.1, -0.05) is 52.8 Å². The van der Waals surface area contributed by atoms with E-state index < -0.39 is 0 Å². The SMILES string of the molecule is CCNC(=O)N1CCN(Cc2c(-c3ccc(C)cc3)nc3sc4cc(Cl)ccc4n23)CC1. The number of amides is 2. The van der Waals surface area contributed by atoms with E-state index in [0.29, 0.717) is 6.54 Å². The standard InChI is InChI=1S/C24H26ClN5OS/c1-3-26-23(31)29-12-10-28(11-13-29)15-20-22(17-6-4-16(2)5-7-17)27-24-30(20)19-9-8-18(25)14-21(19)32-24/h4-9,14H,3,10-13,15H2,1-2H3,(H,26,31). The lowest BCUT2D eigenvalue weighted by Gasteiger charge is -2.34. The number of thiazole rings is 1. The first kappa shape index (κ1) is 21.2. The van der Waals surface area contributed by atoms with Crippen molar-refractivity contribution in [3.8, 4) is 11.3 Å². The van der Waals surface area contributed by atoms with Crippen LogP contribution in [0.2, 0.25) is 5.02 Å². The Morgan fingerprint density at radius 1 is 1.12 bits per heavy atom. The molecule has 32 heavy (non-hydrogen) atoms. The molecule has 166 valence electrons. The van der Waals surface area contributed by atoms with Crippen molar-refractivity contribution in [2.45, 2.75) is 20.4 Å². The van der Waals surface area contributed by atoms with Gasteiger partial charge in [-0.15, -0.1) is 0 Å². The molecule has 0 spiro atoms. The smallest absolute Gasteiger partial charge is 0.317 e. The fraction of sp³-hybridized carbons (Fsp3) is 0.333. The van der Waals surface area contributed by atoms with Gasteiger partial charge >= 0.3 is 6.03 Å². The highest BCUT2D eigenvalue weighted by Crippen LogP contribution is 2.35. The van der Waals surface area contributed by atoms with Gasteiger partial charge in [0, 0.05) is 49.9 Å². The van der Waals surface area contributed by atoms with Crippen LogP contribution in [0.5, 0.6) is 0 Å². The first-order valence-electron chi connectivity index (χ1n) is 10.9. The number of piperazine rings is 1. The van der Waals surface area contributed by atoms with Gasteiger partial charge in [0.05, 0.1) is 21.6 Å². The van der Waals surface area contributed by atoms with Crippen LogP contribution in [0.3, 0.4) is 0 Å². The number of imidazole rings is 1. The van der Waals surface area contributed by atoms with Crippen LogP contribution in [0.1, 0.15) is 18.2 Å². The van der Waals surface area contributed by atoms with Gasteiger partial charge in [0.25, 0.3) is 0 Å². The van der Waals surface area contributed by atoms with Gasteiger partial charge in [-0.2, -0.15) is 0 Å². The topological polar surface area (TPSA) is 52.9 Å². The summed E-state index contributed by atoms with van der Waals surface area (Å²) in [7, 11) is 0. The number of hydrogen-bond acceptors (Lipinski definition) is 4. The van der Waals surface area contributed by atoms with E-state index in [4.69, 9.17) is 16.6 Å². The summed E-state index contributed by atoms with van der Waals surface area (Å²) in [6.07, 6.45) is 0. The molecule has 4 aromatic rings. The third-order valence-electron chi connectivity index (χ3n) is 5.99. The molecule has 8 heteroatoms. The summed E-state index contributed by atoms with van der Waals surface area (Å²) in [5.74, 6) is 0. The fourth-order valence-corrected chi connectivity index (χ4v) is 5.59. The molecule has 3 heterocycles. The Labute approximate surface area is 196 Å². The molecule has 1 fully saturated rings. The molecule has 0 bridgehead atoms. The molecular weight excluding hydrogens is 442 g/mol. The second-order valence-electron chi connectivity index (χ2n) is 8.20. The average Bonchev–Trinajstić information content (AvgIpc) is 3.31. The lowest BCUT2D eigenvalue weighted by atomic mass is 10.1. The number of urea groups is 1. The third kappa shape index (κ3) is 3.96. The van der Waals surface area contributed by atoms with Gasteiger partial charge in [-0.25, -0.2) is 9.78 Å². The number of carbonyl (C=O) groups is 1. The van der Waals surface area contributed by atoms with E-state index >= 15 is 0 Å². The summed E-state index contributed by atoms with van der Waals surface area (Å²) in [5.41, 5.74) is 5.71. The predicted molar refractivity (Wildman–Crippen MR) is 132 cm³/mol. The van der Waals surface area contributed by atoms with Crippen molar-refractivity contribution < 1.29 is 4.79 Å². The zero-order valence-electron chi connectivity index (χ0n) is 18.3. The van der Waals surface area contributed by atoms with Crippen LogP contribution < -0.4 is 5.32 Å². The highest BCUT2D eigenvalue weighted by atomic mass is 35.5. The Balaban J connectivity index is 1.51. The molecule has 5 rings (SSSR count). The summed E-state index contributed by atoms with van der Waals surface area (Å²) >= 11 is 7.91. The van der Waals surface area contributed by atoms with Crippen molar-refractivity contribution >= 4 is 44.1 Å². The number of fused-ring (bicyclic) bond motifs is 3. The number of nitrogens with zero attached hydrogens (tertiary/aromatic N) is 4. The molecule has 1 N–H and O–H groups in total. The number of aromatic nitrogens is 2. The number of halogens is 1. The average molecular weight is 468 g/mol. The molecule has 1 saturated heterocycles. The maximum atomic E-state index is 12.2. The van der Waals surface area contributed by atoms with Gasteiger partial charge in [-0.3, -0.25) is 9.30 Å². The summed E-state index contributed by atoms with van der Waals surface area (Å²) in [4.78, 5) is 22.5. The Morgan fingerprint density at radius 3 is 2.59 bits per heavy atom. The van der Waals surface area contributed by atoms with Crippen LogP contribution >= 0.6 is 22.9 Å². The molecule has 0 saturated carbocycles. The van der Waals surface area contributed by atoms with E-state index in [1.165, 1.54) is 11.3 Å². The largest absolute Gasteiger partial charge is 0.338 e.